The molecule has 0 fully saturated rings. The van der Waals surface area contributed by atoms with E-state index in [2.05, 4.69) is 36.9 Å². The van der Waals surface area contributed by atoms with Crippen molar-refractivity contribution in [2.45, 2.75) is 131 Å². The predicted octanol–water partition coefficient (Wildman–Crippen LogP) is 0.394. The van der Waals surface area contributed by atoms with Crippen molar-refractivity contribution in [3.8, 4) is 0 Å². The Morgan fingerprint density at radius 3 is 1.67 bits per heavy atom. The monoisotopic (exact) mass is 817 g/mol. The fraction of sp³-hybridized carbons (Fsp3) is 0.615. The van der Waals surface area contributed by atoms with Crippen LogP contribution in [0.1, 0.15) is 99.5 Å². The summed E-state index contributed by atoms with van der Waals surface area (Å²) in [6.07, 6.45) is 0.971. The van der Waals surface area contributed by atoms with Crippen LogP contribution in [-0.2, 0) is 54.5 Å². The summed E-state index contributed by atoms with van der Waals surface area (Å²) in [5.41, 5.74) is 0.709. The number of nitrogens with one attached hydrogen (secondary N) is 6. The first-order valence-electron chi connectivity index (χ1n) is 19.2. The van der Waals surface area contributed by atoms with E-state index in [1.165, 1.54) is 12.4 Å². The highest BCUT2D eigenvalue weighted by Crippen LogP contribution is 2.16. The number of carbonyl (C=O) groups is 10. The number of aromatic nitrogens is 1. The number of rotatable bonds is 26. The van der Waals surface area contributed by atoms with Crippen LogP contribution < -0.4 is 31.9 Å². The second kappa shape index (κ2) is 24.8. The van der Waals surface area contributed by atoms with Gasteiger partial charge in [-0.05, 0) is 54.7 Å². The minimum Gasteiger partial charge on any atom is -0.481 e. The lowest BCUT2D eigenvalue weighted by molar-refractivity contribution is -0.143. The number of hydrogen-bond acceptors (Lipinski definition) is 11. The molecule has 19 heteroatoms. The second-order valence-electron chi connectivity index (χ2n) is 15.2. The van der Waals surface area contributed by atoms with Crippen molar-refractivity contribution >= 4 is 58.9 Å². The Kier molecular flexibility index (Phi) is 21.5. The topological polar surface area (TPSA) is 296 Å². The molecule has 0 aliphatic carbocycles. The van der Waals surface area contributed by atoms with E-state index < -0.39 is 126 Å². The molecule has 0 aliphatic rings. The average Bonchev–Trinajstić information content (AvgIpc) is 3.13. The van der Waals surface area contributed by atoms with Crippen molar-refractivity contribution in [3.05, 3.63) is 30.1 Å². The highest BCUT2D eigenvalue weighted by Gasteiger charge is 2.36. The standard InChI is InChI=1S/C39H59N7O12/c1-9-26(34(53)39(58)41-19-24-12-14-40-15-13-24)43-36(55)28(16-20(2)3)44-37(56)32(21(4)5)46-38(57)33(22(6)7)45-35(54)25(18-31(51)52)17-29(48)27(42-23(8)47)10-11-30(49)50/h12-15,20-22,25-28,32-33H,9-11,16-19H2,1-8H3,(H,41,58)(H,42,47)(H,43,55)(H,44,56)(H,45,54)(H,46,57)(H,49,50)(H,51,52)/t25-,26+,27+,28+,32+,33+/m1/s1. The molecule has 1 aromatic rings. The molecule has 6 amide bonds. The Hall–Kier alpha value is -5.75. The Morgan fingerprint density at radius 2 is 1.19 bits per heavy atom. The molecular formula is C39H59N7O12. The number of nitrogens with zero attached hydrogens (tertiary/aromatic N) is 1. The Balaban J connectivity index is 3.17. The summed E-state index contributed by atoms with van der Waals surface area (Å²) in [7, 11) is 0. The molecule has 0 bridgehead atoms. The van der Waals surface area contributed by atoms with Gasteiger partial charge in [0.1, 0.15) is 18.1 Å². The quantitative estimate of drug-likeness (QED) is 0.0588. The summed E-state index contributed by atoms with van der Waals surface area (Å²) in [4.78, 5) is 132. The molecule has 19 nitrogen and oxygen atoms in total. The van der Waals surface area contributed by atoms with Gasteiger partial charge in [-0.2, -0.15) is 0 Å². The molecule has 58 heavy (non-hydrogen) atoms. The summed E-state index contributed by atoms with van der Waals surface area (Å²) in [6, 6.07) is -2.93. The Morgan fingerprint density at radius 1 is 0.655 bits per heavy atom. The number of pyridine rings is 1. The lowest BCUT2D eigenvalue weighted by Gasteiger charge is -2.30. The van der Waals surface area contributed by atoms with Crippen LogP contribution in [0.2, 0.25) is 0 Å². The maximum Gasteiger partial charge on any atom is 0.304 e. The normalized spacial score (nSPS) is 14.2. The largest absolute Gasteiger partial charge is 0.481 e. The highest BCUT2D eigenvalue weighted by molar-refractivity contribution is 6.38. The van der Waals surface area contributed by atoms with Gasteiger partial charge in [-0.3, -0.25) is 52.9 Å². The van der Waals surface area contributed by atoms with E-state index in [1.807, 2.05) is 0 Å². The summed E-state index contributed by atoms with van der Waals surface area (Å²) in [5.74, 6) is -12.0. The van der Waals surface area contributed by atoms with Gasteiger partial charge in [0.15, 0.2) is 5.78 Å². The Bertz CT molecular complexity index is 1630. The first-order valence-corrected chi connectivity index (χ1v) is 19.2. The van der Waals surface area contributed by atoms with Crippen molar-refractivity contribution in [2.75, 3.05) is 0 Å². The number of carboxylic acid groups (broad SMARTS) is 2. The third kappa shape index (κ3) is 18.0. The minimum atomic E-state index is -1.51. The van der Waals surface area contributed by atoms with Crippen LogP contribution in [0.25, 0.3) is 0 Å². The molecule has 1 aromatic heterocycles. The Labute approximate surface area is 338 Å². The van der Waals surface area contributed by atoms with E-state index in [4.69, 9.17) is 5.11 Å². The molecule has 8 N–H and O–H groups in total. The van der Waals surface area contributed by atoms with Crippen LogP contribution in [0.4, 0.5) is 0 Å². The van der Waals surface area contributed by atoms with E-state index in [1.54, 1.807) is 60.6 Å². The molecule has 0 saturated heterocycles. The predicted molar refractivity (Wildman–Crippen MR) is 208 cm³/mol. The van der Waals surface area contributed by atoms with Crippen LogP contribution in [0.3, 0.4) is 0 Å². The molecule has 0 aromatic carbocycles. The number of aliphatic carboxylic acids is 2. The van der Waals surface area contributed by atoms with Crippen molar-refractivity contribution in [2.24, 2.45) is 23.7 Å². The summed E-state index contributed by atoms with van der Waals surface area (Å²) < 4.78 is 0. The number of carboxylic acids is 2. The van der Waals surface area contributed by atoms with Crippen molar-refractivity contribution in [3.63, 3.8) is 0 Å². The average molecular weight is 818 g/mol. The van der Waals surface area contributed by atoms with Crippen molar-refractivity contribution in [1.29, 1.82) is 0 Å². The maximum atomic E-state index is 13.7. The van der Waals surface area contributed by atoms with Gasteiger partial charge in [-0.25, -0.2) is 0 Å². The number of carbonyl (C=O) groups excluding carboxylic acids is 8. The van der Waals surface area contributed by atoms with Crippen LogP contribution in [-0.4, -0.2) is 104 Å². The third-order valence-electron chi connectivity index (χ3n) is 8.95. The lowest BCUT2D eigenvalue weighted by Crippen LogP contribution is -2.60. The SMILES string of the molecule is CC[C@H](NC(=O)[C@H](CC(C)C)NC(=O)[C@@H](NC(=O)[C@@H](NC(=O)[C@@H](CC(=O)O)CC(=O)[C@H](CCC(=O)O)NC(C)=O)C(C)C)C(C)C)C(=O)C(=O)NCc1ccncc1. The third-order valence-corrected chi connectivity index (χ3v) is 8.95. The second-order valence-corrected chi connectivity index (χ2v) is 15.2. The first-order chi connectivity index (χ1) is 27.1. The summed E-state index contributed by atoms with van der Waals surface area (Å²) in [5, 5.41) is 33.7. The zero-order valence-corrected chi connectivity index (χ0v) is 34.4. The van der Waals surface area contributed by atoms with Crippen molar-refractivity contribution < 1.29 is 58.2 Å². The lowest BCUT2D eigenvalue weighted by atomic mass is 9.92. The zero-order valence-electron chi connectivity index (χ0n) is 34.4. The molecule has 0 aliphatic heterocycles. The maximum absolute atomic E-state index is 13.7. The zero-order chi connectivity index (χ0) is 44.3. The number of hydrogen-bond donors (Lipinski definition) is 8. The number of ketones is 2. The van der Waals surface area contributed by atoms with E-state index in [0.717, 1.165) is 6.92 Å². The first kappa shape index (κ1) is 50.3. The van der Waals surface area contributed by atoms with Gasteiger partial charge < -0.3 is 42.1 Å². The van der Waals surface area contributed by atoms with Gasteiger partial charge in [-0.1, -0.05) is 48.5 Å². The number of Topliss-reactive ketones (excluding diaryl/α,β-unsaturated/α-hetero) is 2. The fourth-order valence-corrected chi connectivity index (χ4v) is 5.78. The number of amides is 6. The van der Waals surface area contributed by atoms with Gasteiger partial charge in [0.05, 0.1) is 24.4 Å². The molecule has 0 saturated carbocycles. The van der Waals surface area contributed by atoms with Gasteiger partial charge in [0.25, 0.3) is 5.91 Å². The van der Waals surface area contributed by atoms with Gasteiger partial charge >= 0.3 is 11.9 Å². The van der Waals surface area contributed by atoms with Gasteiger partial charge in [-0.15, -0.1) is 0 Å². The molecule has 0 radical (unpaired) electrons. The van der Waals surface area contributed by atoms with E-state index in [-0.39, 0.29) is 31.7 Å². The molecule has 6 atom stereocenters. The van der Waals surface area contributed by atoms with E-state index in [9.17, 15) is 53.1 Å². The van der Waals surface area contributed by atoms with Crippen LogP contribution in [0, 0.1) is 23.7 Å². The van der Waals surface area contributed by atoms with Crippen LogP contribution in [0.5, 0.6) is 0 Å². The fourth-order valence-electron chi connectivity index (χ4n) is 5.78. The molecular weight excluding hydrogens is 758 g/mol. The molecule has 0 unspecified atom stereocenters. The smallest absolute Gasteiger partial charge is 0.304 e. The molecule has 322 valence electrons. The van der Waals surface area contributed by atoms with Crippen LogP contribution >= 0.6 is 0 Å². The highest BCUT2D eigenvalue weighted by atomic mass is 16.4. The van der Waals surface area contributed by atoms with Gasteiger partial charge in [0, 0.05) is 38.7 Å². The summed E-state index contributed by atoms with van der Waals surface area (Å²) in [6.45, 7) is 12.8. The van der Waals surface area contributed by atoms with Gasteiger partial charge in [0.2, 0.25) is 35.3 Å². The molecule has 1 rings (SSSR count). The summed E-state index contributed by atoms with van der Waals surface area (Å²) >= 11 is 0. The van der Waals surface area contributed by atoms with Crippen molar-refractivity contribution in [1.82, 2.24) is 36.9 Å². The van der Waals surface area contributed by atoms with E-state index >= 15 is 0 Å². The molecule has 1 heterocycles. The molecule has 0 spiro atoms. The minimum absolute atomic E-state index is 0.0618. The van der Waals surface area contributed by atoms with E-state index in [0.29, 0.717) is 5.56 Å². The van der Waals surface area contributed by atoms with Crippen LogP contribution in [0.15, 0.2) is 24.5 Å².